The molecular formula is C28H34ClN3O7. The molecule has 1 amide bonds. The Morgan fingerprint density at radius 2 is 1.79 bits per heavy atom. The Balaban J connectivity index is 1.61. The average Bonchev–Trinajstić information content (AvgIpc) is 3.12. The summed E-state index contributed by atoms with van der Waals surface area (Å²) in [6, 6.07) is 0.441. The Hall–Kier alpha value is -2.92. The fraction of sp³-hybridized carbons (Fsp3) is 0.536. The van der Waals surface area contributed by atoms with Gasteiger partial charge in [-0.15, -0.1) is 0 Å². The second kappa shape index (κ2) is 9.92. The number of benzene rings is 1. The van der Waals surface area contributed by atoms with Crippen LogP contribution in [0.25, 0.3) is 0 Å². The zero-order valence-corrected chi connectivity index (χ0v) is 22.8. The third-order valence-electron chi connectivity index (χ3n) is 8.82. The molecule has 6 N–H and O–H groups in total. The SMILES string of the molecule is CN(C)[C@@H]1C(O)=C(C(N)=O)C(=O)[C@@]2(O)C(O)=C3C(=O)c4c(O)cc(CN5CCCCCC5)c(Cl)c4C[C@H]3C[C@@H]12. The Bertz CT molecular complexity index is 1330. The molecule has 1 aliphatic heterocycles. The number of nitrogens with two attached hydrogens (primary N) is 1. The number of aliphatic hydroxyl groups excluding tert-OH is 2. The molecule has 0 saturated carbocycles. The van der Waals surface area contributed by atoms with E-state index in [-0.39, 0.29) is 29.7 Å². The largest absolute Gasteiger partial charge is 0.510 e. The molecule has 10 nitrogen and oxygen atoms in total. The van der Waals surface area contributed by atoms with Crippen LogP contribution in [0.5, 0.6) is 5.75 Å². The van der Waals surface area contributed by atoms with E-state index in [0.717, 1.165) is 25.9 Å². The number of ketones is 2. The van der Waals surface area contributed by atoms with Gasteiger partial charge in [-0.25, -0.2) is 0 Å². The molecule has 5 rings (SSSR count). The summed E-state index contributed by atoms with van der Waals surface area (Å²) in [5.74, 6) is -6.73. The first kappa shape index (κ1) is 27.6. The number of halogens is 1. The number of hydrogen-bond donors (Lipinski definition) is 5. The van der Waals surface area contributed by atoms with Gasteiger partial charge in [-0.05, 0) is 76.0 Å². The first-order valence-electron chi connectivity index (χ1n) is 13.3. The predicted octanol–water partition coefficient (Wildman–Crippen LogP) is 2.15. The van der Waals surface area contributed by atoms with Gasteiger partial charge in [0.15, 0.2) is 11.4 Å². The first-order chi connectivity index (χ1) is 18.4. The molecular weight excluding hydrogens is 526 g/mol. The monoisotopic (exact) mass is 559 g/mol. The van der Waals surface area contributed by atoms with Crippen LogP contribution in [0.3, 0.4) is 0 Å². The number of carbonyl (C=O) groups excluding carboxylic acids is 3. The van der Waals surface area contributed by atoms with Crippen LogP contribution >= 0.6 is 11.6 Å². The Morgan fingerprint density at radius 3 is 2.38 bits per heavy atom. The van der Waals surface area contributed by atoms with Gasteiger partial charge < -0.3 is 26.2 Å². The lowest BCUT2D eigenvalue weighted by Gasteiger charge is -2.50. The van der Waals surface area contributed by atoms with E-state index in [9.17, 15) is 34.8 Å². The van der Waals surface area contributed by atoms with E-state index in [2.05, 4.69) is 4.90 Å². The number of rotatable bonds is 4. The lowest BCUT2D eigenvalue weighted by molar-refractivity contribution is -0.148. The summed E-state index contributed by atoms with van der Waals surface area (Å²) in [5.41, 5.74) is 2.78. The van der Waals surface area contributed by atoms with Crippen molar-refractivity contribution in [2.24, 2.45) is 17.6 Å². The Kier molecular flexibility index (Phi) is 7.03. The number of allylic oxidation sites excluding steroid dienone is 1. The number of aliphatic hydroxyl groups is 3. The van der Waals surface area contributed by atoms with Gasteiger partial charge in [-0.3, -0.25) is 24.2 Å². The van der Waals surface area contributed by atoms with Crippen molar-refractivity contribution in [3.8, 4) is 5.75 Å². The minimum Gasteiger partial charge on any atom is -0.510 e. The molecule has 1 aromatic carbocycles. The lowest BCUT2D eigenvalue weighted by atomic mass is 9.58. The van der Waals surface area contributed by atoms with Gasteiger partial charge >= 0.3 is 0 Å². The van der Waals surface area contributed by atoms with Crippen molar-refractivity contribution in [3.05, 3.63) is 50.4 Å². The minimum absolute atomic E-state index is 0.0270. The highest BCUT2D eigenvalue weighted by atomic mass is 35.5. The number of Topliss-reactive ketones (excluding diaryl/α,β-unsaturated/α-hetero) is 2. The molecule has 4 atom stereocenters. The highest BCUT2D eigenvalue weighted by molar-refractivity contribution is 6.33. The number of amides is 1. The summed E-state index contributed by atoms with van der Waals surface area (Å²) >= 11 is 6.86. The number of phenols is 1. The van der Waals surface area contributed by atoms with E-state index in [1.165, 1.54) is 23.8 Å². The molecule has 0 radical (unpaired) electrons. The van der Waals surface area contributed by atoms with E-state index < -0.39 is 58.0 Å². The number of likely N-dealkylation sites (N-methyl/N-ethyl adjacent to an activating group) is 1. The van der Waals surface area contributed by atoms with Crippen LogP contribution < -0.4 is 5.73 Å². The molecule has 1 aromatic rings. The average molecular weight is 560 g/mol. The molecule has 0 bridgehead atoms. The molecule has 4 aliphatic rings. The van der Waals surface area contributed by atoms with Crippen molar-refractivity contribution in [2.75, 3.05) is 27.2 Å². The second-order valence-electron chi connectivity index (χ2n) is 11.4. The molecule has 3 aliphatic carbocycles. The molecule has 1 heterocycles. The highest BCUT2D eigenvalue weighted by Crippen LogP contribution is 2.53. The molecule has 0 aromatic heterocycles. The number of aromatic hydroxyl groups is 1. The van der Waals surface area contributed by atoms with Crippen LogP contribution in [0, 0.1) is 11.8 Å². The Morgan fingerprint density at radius 1 is 1.15 bits per heavy atom. The molecule has 0 unspecified atom stereocenters. The van der Waals surface area contributed by atoms with Crippen LogP contribution in [0.4, 0.5) is 0 Å². The van der Waals surface area contributed by atoms with Crippen molar-refractivity contribution in [1.29, 1.82) is 0 Å². The van der Waals surface area contributed by atoms with Crippen molar-refractivity contribution in [3.63, 3.8) is 0 Å². The number of primary amides is 1. The van der Waals surface area contributed by atoms with Gasteiger partial charge in [0.1, 0.15) is 22.8 Å². The minimum atomic E-state index is -2.66. The zero-order valence-electron chi connectivity index (χ0n) is 22.0. The van der Waals surface area contributed by atoms with E-state index >= 15 is 0 Å². The van der Waals surface area contributed by atoms with Crippen LogP contribution in [-0.4, -0.2) is 86.5 Å². The summed E-state index contributed by atoms with van der Waals surface area (Å²) in [4.78, 5) is 43.0. The molecule has 0 spiro atoms. The maximum absolute atomic E-state index is 13.8. The standard InChI is InChI=1S/C28H34ClN3O7/c1-31(2)22-16-10-13-9-15-19(17(33)11-14(21(15)29)12-32-7-5-3-4-6-8-32)23(34)18(13)25(36)28(16,39)26(37)20(24(22)35)27(30)38/h11,13,16,22,33,35-36,39H,3-10,12H2,1-2H3,(H2,30,38)/t13-,16-,22-,28-/m0/s1. The van der Waals surface area contributed by atoms with E-state index in [0.29, 0.717) is 22.7 Å². The van der Waals surface area contributed by atoms with Gasteiger partial charge in [0, 0.05) is 23.1 Å². The molecule has 39 heavy (non-hydrogen) atoms. The van der Waals surface area contributed by atoms with Crippen molar-refractivity contribution in [1.82, 2.24) is 9.80 Å². The normalized spacial score (nSPS) is 29.7. The van der Waals surface area contributed by atoms with Crippen LogP contribution in [0.2, 0.25) is 5.02 Å². The van der Waals surface area contributed by atoms with Crippen LogP contribution in [-0.2, 0) is 22.6 Å². The zero-order chi connectivity index (χ0) is 28.4. The smallest absolute Gasteiger partial charge is 0.255 e. The van der Waals surface area contributed by atoms with Gasteiger partial charge in [-0.1, -0.05) is 24.4 Å². The summed E-state index contributed by atoms with van der Waals surface area (Å²) in [6.07, 6.45) is 4.71. The third-order valence-corrected chi connectivity index (χ3v) is 9.29. The quantitative estimate of drug-likeness (QED) is 0.347. The molecule has 11 heteroatoms. The number of hydrogen-bond acceptors (Lipinski definition) is 9. The first-order valence-corrected chi connectivity index (χ1v) is 13.7. The maximum atomic E-state index is 13.8. The number of fused-ring (bicyclic) bond motifs is 3. The molecule has 1 saturated heterocycles. The van der Waals surface area contributed by atoms with Gasteiger partial charge in [0.25, 0.3) is 5.91 Å². The predicted molar refractivity (Wildman–Crippen MR) is 142 cm³/mol. The van der Waals surface area contributed by atoms with E-state index in [1.54, 1.807) is 14.1 Å². The van der Waals surface area contributed by atoms with E-state index in [1.807, 2.05) is 0 Å². The molecule has 1 fully saturated rings. The number of likely N-dealkylation sites (tertiary alicyclic amines) is 1. The summed E-state index contributed by atoms with van der Waals surface area (Å²) in [7, 11) is 3.19. The van der Waals surface area contributed by atoms with Gasteiger partial charge in [0.2, 0.25) is 5.78 Å². The fourth-order valence-corrected chi connectivity index (χ4v) is 7.29. The summed E-state index contributed by atoms with van der Waals surface area (Å²) in [5, 5.41) is 45.2. The summed E-state index contributed by atoms with van der Waals surface area (Å²) in [6.45, 7) is 2.36. The second-order valence-corrected chi connectivity index (χ2v) is 11.8. The molecule has 210 valence electrons. The lowest BCUT2D eigenvalue weighted by Crippen LogP contribution is -2.63. The fourth-order valence-electron chi connectivity index (χ4n) is 7.00. The summed E-state index contributed by atoms with van der Waals surface area (Å²) < 4.78 is 0. The Labute approximate surface area is 231 Å². The van der Waals surface area contributed by atoms with Gasteiger partial charge in [0.05, 0.1) is 11.6 Å². The topological polar surface area (TPSA) is 165 Å². The van der Waals surface area contributed by atoms with Crippen LogP contribution in [0.1, 0.15) is 53.6 Å². The van der Waals surface area contributed by atoms with Crippen LogP contribution in [0.15, 0.2) is 28.7 Å². The van der Waals surface area contributed by atoms with Crippen molar-refractivity contribution < 1.29 is 34.8 Å². The number of phenolic OH excluding ortho intramolecular Hbond substituents is 1. The van der Waals surface area contributed by atoms with E-state index in [4.69, 9.17) is 17.3 Å². The highest BCUT2D eigenvalue weighted by Gasteiger charge is 2.63. The van der Waals surface area contributed by atoms with Crippen molar-refractivity contribution in [2.45, 2.75) is 56.7 Å². The third kappa shape index (κ3) is 4.16. The number of nitrogens with zero attached hydrogens (tertiary/aromatic N) is 2. The van der Waals surface area contributed by atoms with Gasteiger partial charge in [-0.2, -0.15) is 0 Å². The number of carbonyl (C=O) groups is 3. The maximum Gasteiger partial charge on any atom is 0.255 e. The van der Waals surface area contributed by atoms with Crippen molar-refractivity contribution >= 4 is 29.1 Å².